The molecule has 0 saturated heterocycles. The van der Waals surface area contributed by atoms with Gasteiger partial charge in [-0.15, -0.1) is 0 Å². The number of hydrogen-bond acceptors (Lipinski definition) is 5. The lowest BCUT2D eigenvalue weighted by atomic mass is 10.1. The van der Waals surface area contributed by atoms with Crippen LogP contribution in [0.2, 0.25) is 5.02 Å². The molecule has 0 spiro atoms. The van der Waals surface area contributed by atoms with Crippen LogP contribution in [-0.4, -0.2) is 28.9 Å². The van der Waals surface area contributed by atoms with Gasteiger partial charge in [-0.2, -0.15) is 5.10 Å². The van der Waals surface area contributed by atoms with Crippen molar-refractivity contribution in [1.82, 2.24) is 9.78 Å². The maximum absolute atomic E-state index is 12.8. The van der Waals surface area contributed by atoms with E-state index in [1.807, 2.05) is 62.4 Å². The Morgan fingerprint density at radius 3 is 2.47 bits per heavy atom. The molecule has 3 aromatic carbocycles. The fourth-order valence-corrected chi connectivity index (χ4v) is 3.72. The number of aromatic nitrogens is 2. The van der Waals surface area contributed by atoms with Gasteiger partial charge >= 0.3 is 0 Å². The van der Waals surface area contributed by atoms with Crippen LogP contribution >= 0.6 is 11.6 Å². The monoisotopic (exact) mass is 505 g/mol. The molecule has 7 nitrogen and oxygen atoms in total. The number of nitrogens with zero attached hydrogens (tertiary/aromatic N) is 2. The molecule has 0 radical (unpaired) electrons. The van der Waals surface area contributed by atoms with Crippen molar-refractivity contribution in [2.24, 2.45) is 0 Å². The van der Waals surface area contributed by atoms with Crippen molar-refractivity contribution in [2.75, 3.05) is 18.5 Å². The molecular weight excluding hydrogens is 478 g/mol. The predicted molar refractivity (Wildman–Crippen MR) is 140 cm³/mol. The molecule has 0 unspecified atom stereocenters. The first kappa shape index (κ1) is 25.1. The maximum Gasteiger partial charge on any atom is 0.255 e. The van der Waals surface area contributed by atoms with Crippen LogP contribution < -0.4 is 19.5 Å². The highest BCUT2D eigenvalue weighted by molar-refractivity contribution is 6.30. The van der Waals surface area contributed by atoms with Crippen LogP contribution in [0.15, 0.2) is 79.1 Å². The summed E-state index contributed by atoms with van der Waals surface area (Å²) in [4.78, 5) is 12.8. The normalized spacial score (nSPS) is 10.6. The summed E-state index contributed by atoms with van der Waals surface area (Å²) in [5, 5.41) is 7.94. The van der Waals surface area contributed by atoms with Crippen LogP contribution in [-0.2, 0) is 13.2 Å². The van der Waals surface area contributed by atoms with E-state index >= 15 is 0 Å². The first-order valence-electron chi connectivity index (χ1n) is 11.7. The fraction of sp³-hybridized carbons (Fsp3) is 0.214. The number of carbonyl (C=O) groups is 1. The number of hydrogen-bond donors (Lipinski definition) is 1. The Kier molecular flexibility index (Phi) is 8.47. The minimum atomic E-state index is -0.220. The van der Waals surface area contributed by atoms with E-state index in [1.54, 1.807) is 35.3 Å². The molecule has 1 amide bonds. The zero-order chi connectivity index (χ0) is 25.3. The lowest BCUT2D eigenvalue weighted by Gasteiger charge is -2.12. The highest BCUT2D eigenvalue weighted by atomic mass is 35.5. The number of halogens is 1. The van der Waals surface area contributed by atoms with Crippen LogP contribution in [0.1, 0.15) is 35.3 Å². The van der Waals surface area contributed by atoms with E-state index in [-0.39, 0.29) is 5.91 Å². The molecule has 0 aliphatic rings. The van der Waals surface area contributed by atoms with Crippen molar-refractivity contribution >= 4 is 23.2 Å². The topological polar surface area (TPSA) is 74.6 Å². The van der Waals surface area contributed by atoms with E-state index in [0.717, 1.165) is 16.9 Å². The quantitative estimate of drug-likeness (QED) is 0.262. The highest BCUT2D eigenvalue weighted by Crippen LogP contribution is 2.29. The standard InChI is InChI=1S/C28H28ClN3O4/c1-3-34-26-13-8-20(15-27(26)35-4-2)17-32-18-24(16-30-32)31-28(33)22-7-5-6-21(14-22)19-36-25-11-9-23(29)10-12-25/h5-16,18H,3-4,17,19H2,1-2H3,(H,31,33). The van der Waals surface area contributed by atoms with Gasteiger partial charge in [0.15, 0.2) is 11.5 Å². The largest absolute Gasteiger partial charge is 0.490 e. The van der Waals surface area contributed by atoms with E-state index in [1.165, 1.54) is 0 Å². The molecule has 1 N–H and O–H groups in total. The first-order valence-corrected chi connectivity index (χ1v) is 12.1. The molecule has 36 heavy (non-hydrogen) atoms. The van der Waals surface area contributed by atoms with E-state index in [9.17, 15) is 4.79 Å². The Hall–Kier alpha value is -3.97. The van der Waals surface area contributed by atoms with Crippen LogP contribution in [0.3, 0.4) is 0 Å². The van der Waals surface area contributed by atoms with Crippen molar-refractivity contribution in [3.63, 3.8) is 0 Å². The van der Waals surface area contributed by atoms with E-state index in [0.29, 0.717) is 54.1 Å². The smallest absolute Gasteiger partial charge is 0.255 e. The Bertz CT molecular complexity index is 1300. The van der Waals surface area contributed by atoms with Crippen molar-refractivity contribution < 1.29 is 19.0 Å². The summed E-state index contributed by atoms with van der Waals surface area (Å²) in [6.07, 6.45) is 3.42. The minimum Gasteiger partial charge on any atom is -0.490 e. The Morgan fingerprint density at radius 2 is 1.69 bits per heavy atom. The van der Waals surface area contributed by atoms with Crippen molar-refractivity contribution in [1.29, 1.82) is 0 Å². The Labute approximate surface area is 215 Å². The van der Waals surface area contributed by atoms with Gasteiger partial charge in [-0.25, -0.2) is 0 Å². The lowest BCUT2D eigenvalue weighted by Crippen LogP contribution is -2.12. The number of benzene rings is 3. The molecule has 8 heteroatoms. The van der Waals surface area contributed by atoms with Gasteiger partial charge in [0.25, 0.3) is 5.91 Å². The lowest BCUT2D eigenvalue weighted by molar-refractivity contribution is 0.102. The number of carbonyl (C=O) groups excluding carboxylic acids is 1. The fourth-order valence-electron chi connectivity index (χ4n) is 3.60. The molecule has 4 aromatic rings. The molecule has 0 aliphatic heterocycles. The van der Waals surface area contributed by atoms with Gasteiger partial charge in [0.2, 0.25) is 0 Å². The Morgan fingerprint density at radius 1 is 0.917 bits per heavy atom. The third-order valence-corrected chi connectivity index (χ3v) is 5.50. The molecule has 0 bridgehead atoms. The molecule has 4 rings (SSSR count). The van der Waals surface area contributed by atoms with Crippen LogP contribution in [0.4, 0.5) is 5.69 Å². The molecule has 0 fully saturated rings. The van der Waals surface area contributed by atoms with Crippen molar-refractivity contribution in [2.45, 2.75) is 27.0 Å². The SMILES string of the molecule is CCOc1ccc(Cn2cc(NC(=O)c3cccc(COc4ccc(Cl)cc4)c3)cn2)cc1OCC. The van der Waals surface area contributed by atoms with Gasteiger partial charge < -0.3 is 19.5 Å². The van der Waals surface area contributed by atoms with Gasteiger partial charge in [-0.3, -0.25) is 9.48 Å². The van der Waals surface area contributed by atoms with Crippen LogP contribution in [0.5, 0.6) is 17.2 Å². The van der Waals surface area contributed by atoms with Gasteiger partial charge in [0.05, 0.1) is 31.6 Å². The first-order chi connectivity index (χ1) is 17.5. The zero-order valence-electron chi connectivity index (χ0n) is 20.2. The highest BCUT2D eigenvalue weighted by Gasteiger charge is 2.11. The molecular formula is C28H28ClN3O4. The molecule has 0 aliphatic carbocycles. The summed E-state index contributed by atoms with van der Waals surface area (Å²) < 4.78 is 18.9. The predicted octanol–water partition coefficient (Wildman–Crippen LogP) is 6.21. The maximum atomic E-state index is 12.8. The number of ether oxygens (including phenoxy) is 3. The number of amides is 1. The Balaban J connectivity index is 1.37. The van der Waals surface area contributed by atoms with Gasteiger partial charge in [-0.05, 0) is 73.5 Å². The van der Waals surface area contributed by atoms with Crippen LogP contribution in [0.25, 0.3) is 0 Å². The molecule has 0 saturated carbocycles. The summed E-state index contributed by atoms with van der Waals surface area (Å²) in [6.45, 7) is 5.87. The average Bonchev–Trinajstić information content (AvgIpc) is 3.32. The van der Waals surface area contributed by atoms with Crippen molar-refractivity contribution in [3.8, 4) is 17.2 Å². The van der Waals surface area contributed by atoms with Crippen LogP contribution in [0, 0.1) is 0 Å². The van der Waals surface area contributed by atoms with Gasteiger partial charge in [-0.1, -0.05) is 29.8 Å². The summed E-state index contributed by atoms with van der Waals surface area (Å²) in [5.41, 5.74) is 3.04. The zero-order valence-corrected chi connectivity index (χ0v) is 21.0. The number of rotatable bonds is 11. The summed E-state index contributed by atoms with van der Waals surface area (Å²) in [7, 11) is 0. The van der Waals surface area contributed by atoms with E-state index in [4.69, 9.17) is 25.8 Å². The molecule has 1 heterocycles. The molecule has 1 aromatic heterocycles. The second kappa shape index (κ2) is 12.1. The number of nitrogens with one attached hydrogen (secondary N) is 1. The summed E-state index contributed by atoms with van der Waals surface area (Å²) in [5.74, 6) is 1.92. The average molecular weight is 506 g/mol. The summed E-state index contributed by atoms with van der Waals surface area (Å²) in [6, 6.07) is 20.3. The van der Waals surface area contributed by atoms with Gasteiger partial charge in [0.1, 0.15) is 12.4 Å². The third kappa shape index (κ3) is 6.79. The van der Waals surface area contributed by atoms with Gasteiger partial charge in [0, 0.05) is 16.8 Å². The third-order valence-electron chi connectivity index (χ3n) is 5.25. The molecule has 0 atom stereocenters. The molecule has 186 valence electrons. The second-order valence-electron chi connectivity index (χ2n) is 7.97. The van der Waals surface area contributed by atoms with Crippen molar-refractivity contribution in [3.05, 3.63) is 101 Å². The number of anilines is 1. The second-order valence-corrected chi connectivity index (χ2v) is 8.41. The minimum absolute atomic E-state index is 0.220. The summed E-state index contributed by atoms with van der Waals surface area (Å²) >= 11 is 5.91. The van der Waals surface area contributed by atoms with E-state index in [2.05, 4.69) is 10.4 Å². The van der Waals surface area contributed by atoms with E-state index < -0.39 is 0 Å².